The topological polar surface area (TPSA) is 73.8 Å². The van der Waals surface area contributed by atoms with E-state index in [0.717, 1.165) is 0 Å². The van der Waals surface area contributed by atoms with Gasteiger partial charge in [-0.3, -0.25) is 0 Å². The first-order valence-corrected chi connectivity index (χ1v) is 1.87. The minimum atomic E-state index is -6.02. The molecular weight excluding hydrogens is 177 g/mol. The fraction of sp³-hybridized carbons (Fsp3) is 0.667. The van der Waals surface area contributed by atoms with Crippen molar-refractivity contribution in [1.82, 2.24) is 6.15 Å². The molecule has 0 aliphatic carbocycles. The van der Waals surface area contributed by atoms with Gasteiger partial charge in [0.05, 0.1) is 0 Å². The number of hydrogen-bond acceptors (Lipinski definition) is 1. The summed E-state index contributed by atoms with van der Waals surface area (Å²) in [5.41, 5.74) is 0. The smallest absolute Gasteiger partial charge is 0.465 e. The van der Waals surface area contributed by atoms with Gasteiger partial charge in [0.15, 0.2) is 0 Å². The molecule has 0 fully saturated rings. The Bertz CT molecular complexity index is 152. The summed E-state index contributed by atoms with van der Waals surface area (Å²) in [5.74, 6) is -8.84. The van der Waals surface area contributed by atoms with E-state index in [1.165, 1.54) is 0 Å². The van der Waals surface area contributed by atoms with E-state index in [1.807, 2.05) is 0 Å². The molecule has 0 spiro atoms. The van der Waals surface area contributed by atoms with Gasteiger partial charge < -0.3 is 11.3 Å². The van der Waals surface area contributed by atoms with Crippen LogP contribution in [0.4, 0.5) is 22.0 Å². The van der Waals surface area contributed by atoms with E-state index in [-0.39, 0.29) is 6.15 Å². The molecule has 0 atom stereocenters. The lowest BCUT2D eigenvalue weighted by Crippen LogP contribution is -2.43. The van der Waals surface area contributed by atoms with Crippen LogP contribution in [0.1, 0.15) is 0 Å². The van der Waals surface area contributed by atoms with Gasteiger partial charge in [0.1, 0.15) is 0 Å². The number of aliphatic carboxylic acids is 1. The van der Waals surface area contributed by atoms with E-state index in [0.29, 0.717) is 0 Å². The van der Waals surface area contributed by atoms with Crippen LogP contribution in [0.2, 0.25) is 0 Å². The Kier molecular flexibility index (Phi) is 3.46. The van der Waals surface area contributed by atoms with E-state index < -0.39 is 18.1 Å². The van der Waals surface area contributed by atoms with Crippen molar-refractivity contribution in [3.63, 3.8) is 0 Å². The summed E-state index contributed by atoms with van der Waals surface area (Å²) in [6.07, 6.45) is -6.02. The lowest BCUT2D eigenvalue weighted by Gasteiger charge is -2.13. The Morgan fingerprint density at radius 1 is 1.09 bits per heavy atom. The largest absolute Gasteiger partial charge is 0.477 e. The fourth-order valence-electron chi connectivity index (χ4n) is 0.121. The molecule has 0 aromatic carbocycles. The second kappa shape index (κ2) is 2.99. The van der Waals surface area contributed by atoms with Crippen molar-refractivity contribution in [2.45, 2.75) is 12.1 Å². The average Bonchev–Trinajstić information content (AvgIpc) is 1.62. The van der Waals surface area contributed by atoms with Gasteiger partial charge in [-0.25, -0.2) is 4.79 Å². The van der Waals surface area contributed by atoms with Crippen LogP contribution in [0.3, 0.4) is 0 Å². The third-order valence-electron chi connectivity index (χ3n) is 0.625. The van der Waals surface area contributed by atoms with Crippen LogP contribution in [-0.4, -0.2) is 23.2 Å². The number of carboxylic acid groups (broad SMARTS) is 1. The second-order valence-electron chi connectivity index (χ2n) is 1.38. The Morgan fingerprint density at radius 3 is 1.36 bits per heavy atom. The summed E-state index contributed by atoms with van der Waals surface area (Å²) in [6, 6.07) is 0. The standard InChI is InChI=1S/C3HF5O2.H3N/c4-2(5,1(9)10)3(6,7)8;/h(H,9,10);1H3/p+1. The van der Waals surface area contributed by atoms with Gasteiger partial charge >= 0.3 is 18.1 Å². The van der Waals surface area contributed by atoms with Crippen LogP contribution in [0.5, 0.6) is 0 Å². The van der Waals surface area contributed by atoms with Gasteiger partial charge in [0, 0.05) is 0 Å². The molecule has 68 valence electrons. The first kappa shape index (κ1) is 12.7. The number of carboxylic acids is 1. The monoisotopic (exact) mass is 182 g/mol. The van der Waals surface area contributed by atoms with Crippen LogP contribution < -0.4 is 6.15 Å². The molecule has 0 rings (SSSR count). The van der Waals surface area contributed by atoms with Crippen LogP contribution in [-0.2, 0) is 4.79 Å². The molecule has 0 aromatic heterocycles. The first-order valence-electron chi connectivity index (χ1n) is 1.87. The number of halogens is 5. The number of hydrogen-bond donors (Lipinski definition) is 2. The van der Waals surface area contributed by atoms with Crippen molar-refractivity contribution in [1.29, 1.82) is 0 Å². The number of carbonyl (C=O) groups is 1. The quantitative estimate of drug-likeness (QED) is 0.605. The van der Waals surface area contributed by atoms with E-state index in [9.17, 15) is 26.7 Å². The van der Waals surface area contributed by atoms with E-state index >= 15 is 0 Å². The van der Waals surface area contributed by atoms with Crippen LogP contribution in [0.25, 0.3) is 0 Å². The summed E-state index contributed by atoms with van der Waals surface area (Å²) >= 11 is 0. The molecule has 0 radical (unpaired) electrons. The van der Waals surface area contributed by atoms with Crippen molar-refractivity contribution >= 4 is 5.97 Å². The number of alkyl halides is 5. The Hall–Kier alpha value is -0.920. The highest BCUT2D eigenvalue weighted by molar-refractivity contribution is 5.76. The molecule has 8 heteroatoms. The maximum atomic E-state index is 11.3. The lowest BCUT2D eigenvalue weighted by atomic mass is 10.3. The summed E-state index contributed by atoms with van der Waals surface area (Å²) < 4.78 is 55.5. The van der Waals surface area contributed by atoms with Gasteiger partial charge in [-0.05, 0) is 0 Å². The summed E-state index contributed by atoms with van der Waals surface area (Å²) in [4.78, 5) is 9.20. The Balaban J connectivity index is 0. The van der Waals surface area contributed by atoms with Gasteiger partial charge in [0.25, 0.3) is 0 Å². The molecule has 0 saturated carbocycles. The van der Waals surface area contributed by atoms with Crippen molar-refractivity contribution < 1.29 is 31.9 Å². The summed E-state index contributed by atoms with van der Waals surface area (Å²) in [5, 5.41) is 7.31. The van der Waals surface area contributed by atoms with E-state index in [2.05, 4.69) is 0 Å². The molecule has 3 nitrogen and oxygen atoms in total. The molecule has 0 heterocycles. The van der Waals surface area contributed by atoms with E-state index in [4.69, 9.17) is 5.11 Å². The van der Waals surface area contributed by atoms with Crippen molar-refractivity contribution in [2.75, 3.05) is 0 Å². The van der Waals surface area contributed by atoms with Gasteiger partial charge in [-0.1, -0.05) is 0 Å². The Morgan fingerprint density at radius 2 is 1.36 bits per heavy atom. The van der Waals surface area contributed by atoms with E-state index in [1.54, 1.807) is 0 Å². The lowest BCUT2D eigenvalue weighted by molar-refractivity contribution is -0.277. The summed E-state index contributed by atoms with van der Waals surface area (Å²) in [7, 11) is 0. The second-order valence-corrected chi connectivity index (χ2v) is 1.38. The predicted molar refractivity (Wildman–Crippen MR) is 24.6 cm³/mol. The normalized spacial score (nSPS) is 12.1. The average molecular weight is 182 g/mol. The van der Waals surface area contributed by atoms with Gasteiger partial charge in [0.2, 0.25) is 0 Å². The number of quaternary nitrogens is 1. The van der Waals surface area contributed by atoms with Gasteiger partial charge in [-0.2, -0.15) is 22.0 Å². The molecule has 0 aliphatic rings. The minimum absolute atomic E-state index is 0. The molecule has 0 saturated heterocycles. The van der Waals surface area contributed by atoms with Crippen molar-refractivity contribution in [2.24, 2.45) is 0 Å². The maximum absolute atomic E-state index is 11.3. The summed E-state index contributed by atoms with van der Waals surface area (Å²) in [6.45, 7) is 0. The first-order chi connectivity index (χ1) is 4.19. The van der Waals surface area contributed by atoms with Crippen LogP contribution in [0.15, 0.2) is 0 Å². The zero-order valence-corrected chi connectivity index (χ0v) is 5.25. The molecule has 0 aromatic rings. The highest BCUT2D eigenvalue weighted by Gasteiger charge is 2.64. The molecule has 5 N–H and O–H groups in total. The third kappa shape index (κ3) is 2.30. The molecule has 11 heavy (non-hydrogen) atoms. The molecule has 0 amide bonds. The zero-order chi connectivity index (χ0) is 8.58. The van der Waals surface area contributed by atoms with Crippen molar-refractivity contribution in [3.05, 3.63) is 0 Å². The zero-order valence-electron chi connectivity index (χ0n) is 5.25. The van der Waals surface area contributed by atoms with Crippen LogP contribution >= 0.6 is 0 Å². The van der Waals surface area contributed by atoms with Crippen LogP contribution in [0, 0.1) is 0 Å². The molecule has 0 aliphatic heterocycles. The Labute approximate surface area is 57.4 Å². The maximum Gasteiger partial charge on any atom is 0.465 e. The fourth-order valence-corrected chi connectivity index (χ4v) is 0.121. The minimum Gasteiger partial charge on any atom is -0.477 e. The molecule has 0 unspecified atom stereocenters. The third-order valence-corrected chi connectivity index (χ3v) is 0.625. The SMILES string of the molecule is O=C(O)C(F)(F)C(F)(F)F.[NH4+]. The van der Waals surface area contributed by atoms with Gasteiger partial charge in [-0.15, -0.1) is 0 Å². The predicted octanol–water partition coefficient (Wildman–Crippen LogP) is 1.64. The molecular formula is C3H5F5NO2+. The highest BCUT2D eigenvalue weighted by atomic mass is 19.4. The highest BCUT2D eigenvalue weighted by Crippen LogP contribution is 2.35. The van der Waals surface area contributed by atoms with Crippen molar-refractivity contribution in [3.8, 4) is 0 Å². The molecule has 0 bridgehead atoms. The number of rotatable bonds is 1.